The first-order valence-corrected chi connectivity index (χ1v) is 12.6. The molecular weight excluding hydrogens is 469 g/mol. The lowest BCUT2D eigenvalue weighted by Gasteiger charge is -2.21. The van der Waals surface area contributed by atoms with Crippen molar-refractivity contribution < 1.29 is 9.18 Å². The Balaban J connectivity index is 1.40. The molecule has 0 bridgehead atoms. The van der Waals surface area contributed by atoms with E-state index in [4.69, 9.17) is 11.6 Å². The number of carbonyl (C=O) groups is 1. The number of nitrogens with one attached hydrogen (secondary N) is 1. The Morgan fingerprint density at radius 3 is 2.79 bits per heavy atom. The summed E-state index contributed by atoms with van der Waals surface area (Å²) < 4.78 is 17.0. The summed E-state index contributed by atoms with van der Waals surface area (Å²) in [5.41, 5.74) is 2.74. The van der Waals surface area contributed by atoms with Crippen LogP contribution in [0.1, 0.15) is 29.6 Å². The number of nitrogens with zero attached hydrogens (tertiary/aromatic N) is 2. The predicted molar refractivity (Wildman–Crippen MR) is 140 cm³/mol. The second kappa shape index (κ2) is 10.0. The highest BCUT2D eigenvalue weighted by Crippen LogP contribution is 2.34. The van der Waals surface area contributed by atoms with Crippen molar-refractivity contribution in [1.29, 1.82) is 0 Å². The van der Waals surface area contributed by atoms with Gasteiger partial charge in [0.05, 0.1) is 16.3 Å². The molecule has 1 N–H and O–H groups in total. The van der Waals surface area contributed by atoms with Gasteiger partial charge in [-0.05, 0) is 72.6 Å². The minimum absolute atomic E-state index is 0.00311. The number of benzene rings is 3. The monoisotopic (exact) mass is 491 g/mol. The molecule has 4 aromatic rings. The first-order valence-electron chi connectivity index (χ1n) is 11.3. The van der Waals surface area contributed by atoms with Crippen LogP contribution in [0.2, 0.25) is 5.02 Å². The molecule has 0 spiro atoms. The lowest BCUT2D eigenvalue weighted by molar-refractivity contribution is 0.102. The largest absolute Gasteiger partial charge is 0.322 e. The summed E-state index contributed by atoms with van der Waals surface area (Å²) in [6.45, 7) is 0.880. The second-order valence-corrected chi connectivity index (χ2v) is 9.70. The Hall–Kier alpha value is -3.09. The Bertz CT molecular complexity index is 1350. The van der Waals surface area contributed by atoms with E-state index in [9.17, 15) is 9.18 Å². The van der Waals surface area contributed by atoms with E-state index in [2.05, 4.69) is 14.6 Å². The molecule has 5 rings (SSSR count). The van der Waals surface area contributed by atoms with E-state index in [0.29, 0.717) is 16.3 Å². The predicted octanol–water partition coefficient (Wildman–Crippen LogP) is 7.59. The van der Waals surface area contributed by atoms with E-state index in [1.54, 1.807) is 42.4 Å². The van der Waals surface area contributed by atoms with Gasteiger partial charge in [0.25, 0.3) is 5.91 Å². The highest BCUT2D eigenvalue weighted by Gasteiger charge is 2.18. The fraction of sp³-hybridized carbons (Fsp3) is 0.185. The van der Waals surface area contributed by atoms with Gasteiger partial charge in [0.2, 0.25) is 0 Å². The van der Waals surface area contributed by atoms with Gasteiger partial charge in [-0.2, -0.15) is 0 Å². The number of rotatable bonds is 4. The van der Waals surface area contributed by atoms with E-state index in [1.165, 1.54) is 18.9 Å². The molecule has 0 unspecified atom stereocenters. The first kappa shape index (κ1) is 22.7. The highest BCUT2D eigenvalue weighted by molar-refractivity contribution is 8.00. The van der Waals surface area contributed by atoms with Crippen LogP contribution in [0.25, 0.3) is 22.0 Å². The number of hydrogen-bond donors (Lipinski definition) is 1. The van der Waals surface area contributed by atoms with Gasteiger partial charge in [0.15, 0.2) is 0 Å². The number of halogens is 2. The third-order valence-corrected chi connectivity index (χ3v) is 7.40. The molecule has 0 atom stereocenters. The Morgan fingerprint density at radius 2 is 1.91 bits per heavy atom. The lowest BCUT2D eigenvalue weighted by atomic mass is 10.0. The van der Waals surface area contributed by atoms with Crippen LogP contribution in [-0.2, 0) is 0 Å². The van der Waals surface area contributed by atoms with Crippen molar-refractivity contribution in [1.82, 2.24) is 4.98 Å². The zero-order chi connectivity index (χ0) is 23.5. The van der Waals surface area contributed by atoms with Crippen molar-refractivity contribution in [2.24, 2.45) is 0 Å². The minimum atomic E-state index is -0.537. The third-order valence-electron chi connectivity index (χ3n) is 5.89. The molecule has 3 aromatic carbocycles. The van der Waals surface area contributed by atoms with Gasteiger partial charge >= 0.3 is 0 Å². The first-order chi connectivity index (χ1) is 16.6. The maximum absolute atomic E-state index is 14.9. The fourth-order valence-electron chi connectivity index (χ4n) is 4.14. The van der Waals surface area contributed by atoms with Crippen molar-refractivity contribution in [3.05, 3.63) is 89.3 Å². The van der Waals surface area contributed by atoms with Crippen LogP contribution in [-0.4, -0.2) is 23.2 Å². The van der Waals surface area contributed by atoms with E-state index in [0.717, 1.165) is 40.9 Å². The summed E-state index contributed by atoms with van der Waals surface area (Å²) in [5, 5.41) is 5.34. The third kappa shape index (κ3) is 4.74. The van der Waals surface area contributed by atoms with Crippen LogP contribution in [0.4, 0.5) is 15.8 Å². The Morgan fingerprint density at radius 1 is 1.03 bits per heavy atom. The van der Waals surface area contributed by atoms with Crippen molar-refractivity contribution in [2.45, 2.75) is 19.3 Å². The molecule has 1 amide bonds. The van der Waals surface area contributed by atoms with Crippen LogP contribution in [0.15, 0.2) is 72.9 Å². The molecule has 1 aliphatic rings. The SMILES string of the molecule is O=C(Nc1ccc(Cl)c(-c2nccc3ccccc23)c1)c1ccc(N2CCCCCS2)cc1F. The van der Waals surface area contributed by atoms with Crippen LogP contribution < -0.4 is 9.62 Å². The topological polar surface area (TPSA) is 45.2 Å². The zero-order valence-corrected chi connectivity index (χ0v) is 20.0. The molecule has 34 heavy (non-hydrogen) atoms. The van der Waals surface area contributed by atoms with Crippen LogP contribution >= 0.6 is 23.5 Å². The summed E-state index contributed by atoms with van der Waals surface area (Å²) in [5.74, 6) is -0.0228. The van der Waals surface area contributed by atoms with Gasteiger partial charge < -0.3 is 9.62 Å². The molecule has 1 saturated heterocycles. The Labute approximate surface area is 207 Å². The van der Waals surface area contributed by atoms with E-state index in [-0.39, 0.29) is 5.56 Å². The van der Waals surface area contributed by atoms with E-state index < -0.39 is 11.7 Å². The molecule has 1 aromatic heterocycles. The fourth-order valence-corrected chi connectivity index (χ4v) is 5.42. The van der Waals surface area contributed by atoms with E-state index in [1.807, 2.05) is 36.4 Å². The van der Waals surface area contributed by atoms with Crippen LogP contribution in [0.5, 0.6) is 0 Å². The van der Waals surface area contributed by atoms with Crippen molar-refractivity contribution >= 4 is 51.6 Å². The van der Waals surface area contributed by atoms with Gasteiger partial charge in [0.1, 0.15) is 5.82 Å². The van der Waals surface area contributed by atoms with Crippen LogP contribution in [0.3, 0.4) is 0 Å². The molecule has 0 radical (unpaired) electrons. The zero-order valence-electron chi connectivity index (χ0n) is 18.4. The van der Waals surface area contributed by atoms with E-state index >= 15 is 0 Å². The molecular formula is C27H23ClFN3OS. The number of amides is 1. The molecule has 0 aliphatic carbocycles. The molecule has 1 fully saturated rings. The van der Waals surface area contributed by atoms with Crippen LogP contribution in [0, 0.1) is 5.82 Å². The number of pyridine rings is 1. The van der Waals surface area contributed by atoms with Gasteiger partial charge in [-0.3, -0.25) is 9.78 Å². The Kier molecular flexibility index (Phi) is 6.70. The van der Waals surface area contributed by atoms with Gasteiger partial charge in [-0.15, -0.1) is 0 Å². The molecule has 172 valence electrons. The molecule has 1 aliphatic heterocycles. The van der Waals surface area contributed by atoms with Gasteiger partial charge in [-0.1, -0.05) is 42.3 Å². The number of hydrogen-bond acceptors (Lipinski definition) is 4. The standard InChI is InChI=1S/C27H23ClFN3OS/c28-24-11-8-19(16-23(24)26-21-7-3-2-6-18(21)12-13-30-26)31-27(33)22-10-9-20(17-25(22)29)32-14-4-1-5-15-34-32/h2-3,6-13,16-17H,1,4-5,14-15H2,(H,31,33). The smallest absolute Gasteiger partial charge is 0.258 e. The number of fused-ring (bicyclic) bond motifs is 1. The minimum Gasteiger partial charge on any atom is -0.322 e. The van der Waals surface area contributed by atoms with Crippen molar-refractivity contribution in [3.8, 4) is 11.3 Å². The van der Waals surface area contributed by atoms with Crippen molar-refractivity contribution in [3.63, 3.8) is 0 Å². The summed E-state index contributed by atoms with van der Waals surface area (Å²) in [6, 6.07) is 19.8. The number of anilines is 2. The second-order valence-electron chi connectivity index (χ2n) is 8.19. The molecule has 7 heteroatoms. The summed E-state index contributed by atoms with van der Waals surface area (Å²) in [4.78, 5) is 17.4. The highest BCUT2D eigenvalue weighted by atomic mass is 35.5. The maximum atomic E-state index is 14.9. The number of carbonyl (C=O) groups excluding carboxylic acids is 1. The van der Waals surface area contributed by atoms with Crippen molar-refractivity contribution in [2.75, 3.05) is 21.9 Å². The van der Waals surface area contributed by atoms with Gasteiger partial charge in [-0.25, -0.2) is 4.39 Å². The quantitative estimate of drug-likeness (QED) is 0.299. The number of aromatic nitrogens is 1. The average Bonchev–Trinajstić information content (AvgIpc) is 3.14. The summed E-state index contributed by atoms with van der Waals surface area (Å²) in [6.07, 6.45) is 5.17. The van der Waals surface area contributed by atoms with Gasteiger partial charge in [0, 0.05) is 40.8 Å². The average molecular weight is 492 g/mol. The summed E-state index contributed by atoms with van der Waals surface area (Å²) >= 11 is 8.21. The maximum Gasteiger partial charge on any atom is 0.258 e. The summed E-state index contributed by atoms with van der Waals surface area (Å²) in [7, 11) is 0. The molecule has 0 saturated carbocycles. The normalized spacial score (nSPS) is 14.1. The molecule has 4 nitrogen and oxygen atoms in total. The molecule has 2 heterocycles. The lowest BCUT2D eigenvalue weighted by Crippen LogP contribution is -2.17.